The van der Waals surface area contributed by atoms with Crippen LogP contribution in [0, 0.1) is 0 Å². The van der Waals surface area contributed by atoms with Gasteiger partial charge < -0.3 is 28.1 Å². The standard InChI is InChI=1S/C49H36O7/c50-46-45-43(52-32-35-18-8-2-9-19-35)29-40(51-31-34-16-6-1-7-17-34)30-44(45)54-47(48(46)53-33-36-20-10-3-11-21-36)37-26-27-41-42(28-37)56-49(55-41,38-22-12-4-13-23-38)39-24-14-5-15-25-39/h1-30H,31-33H2. The number of benzene rings is 7. The molecule has 0 saturated heterocycles. The molecule has 0 radical (unpaired) electrons. The van der Waals surface area contributed by atoms with E-state index in [0.29, 0.717) is 35.2 Å². The van der Waals surface area contributed by atoms with E-state index in [2.05, 4.69) is 0 Å². The summed E-state index contributed by atoms with van der Waals surface area (Å²) < 4.78 is 39.2. The number of hydrogen-bond donors (Lipinski definition) is 0. The monoisotopic (exact) mass is 736 g/mol. The first-order valence-electron chi connectivity index (χ1n) is 18.4. The van der Waals surface area contributed by atoms with Crippen LogP contribution in [0.1, 0.15) is 27.8 Å². The molecule has 0 N–H and O–H groups in total. The quantitative estimate of drug-likeness (QED) is 0.124. The predicted molar refractivity (Wildman–Crippen MR) is 215 cm³/mol. The molecule has 7 nitrogen and oxygen atoms in total. The maximum atomic E-state index is 14.8. The summed E-state index contributed by atoms with van der Waals surface area (Å²) in [6.07, 6.45) is 0. The van der Waals surface area contributed by atoms with Gasteiger partial charge in [0.2, 0.25) is 11.2 Å². The topological polar surface area (TPSA) is 76.4 Å². The summed E-state index contributed by atoms with van der Waals surface area (Å²) in [6, 6.07) is 57.9. The van der Waals surface area contributed by atoms with Gasteiger partial charge in [0.25, 0.3) is 0 Å². The van der Waals surface area contributed by atoms with Crippen molar-refractivity contribution in [2.45, 2.75) is 25.6 Å². The highest BCUT2D eigenvalue weighted by Gasteiger charge is 2.45. The zero-order chi connectivity index (χ0) is 37.7. The molecule has 7 heteroatoms. The van der Waals surface area contributed by atoms with Gasteiger partial charge in [-0.05, 0) is 34.9 Å². The van der Waals surface area contributed by atoms with E-state index < -0.39 is 5.79 Å². The van der Waals surface area contributed by atoms with E-state index in [1.165, 1.54) is 0 Å². The van der Waals surface area contributed by atoms with Crippen LogP contribution in [0.15, 0.2) is 191 Å². The van der Waals surface area contributed by atoms with Crippen molar-refractivity contribution in [2.24, 2.45) is 0 Å². The highest BCUT2D eigenvalue weighted by Crippen LogP contribution is 2.49. The first-order chi connectivity index (χ1) is 27.6. The highest BCUT2D eigenvalue weighted by molar-refractivity contribution is 5.89. The second-order valence-electron chi connectivity index (χ2n) is 13.4. The lowest BCUT2D eigenvalue weighted by Gasteiger charge is -2.28. The van der Waals surface area contributed by atoms with Crippen molar-refractivity contribution in [3.8, 4) is 40.1 Å². The third-order valence-electron chi connectivity index (χ3n) is 9.62. The summed E-state index contributed by atoms with van der Waals surface area (Å²) >= 11 is 0. The minimum Gasteiger partial charge on any atom is -0.489 e. The molecule has 56 heavy (non-hydrogen) atoms. The lowest BCUT2D eigenvalue weighted by Crippen LogP contribution is -2.36. The van der Waals surface area contributed by atoms with E-state index in [9.17, 15) is 4.79 Å². The van der Waals surface area contributed by atoms with Crippen LogP contribution >= 0.6 is 0 Å². The van der Waals surface area contributed by atoms with Gasteiger partial charge in [-0.25, -0.2) is 0 Å². The summed E-state index contributed by atoms with van der Waals surface area (Å²) in [4.78, 5) is 14.8. The molecule has 0 unspecified atom stereocenters. The Balaban J connectivity index is 1.17. The van der Waals surface area contributed by atoms with Crippen LogP contribution < -0.4 is 29.1 Å². The second-order valence-corrected chi connectivity index (χ2v) is 13.4. The Labute approximate surface area is 323 Å². The van der Waals surface area contributed by atoms with Crippen molar-refractivity contribution in [3.05, 3.63) is 220 Å². The molecule has 0 aliphatic carbocycles. The van der Waals surface area contributed by atoms with Crippen molar-refractivity contribution in [1.82, 2.24) is 0 Å². The fourth-order valence-electron chi connectivity index (χ4n) is 6.83. The SMILES string of the molecule is O=c1c(OCc2ccccc2)c(-c2ccc3c(c2)OC(c2ccccc2)(c2ccccc2)O3)oc2cc(OCc3ccccc3)cc(OCc3ccccc3)c12. The molecule has 0 spiro atoms. The Hall–Kier alpha value is -7.25. The van der Waals surface area contributed by atoms with Gasteiger partial charge in [-0.15, -0.1) is 0 Å². The number of rotatable bonds is 12. The maximum Gasteiger partial charge on any atom is 0.305 e. The van der Waals surface area contributed by atoms with Gasteiger partial charge in [-0.3, -0.25) is 4.79 Å². The third kappa shape index (κ3) is 6.94. The van der Waals surface area contributed by atoms with Gasteiger partial charge in [0.1, 0.15) is 42.3 Å². The summed E-state index contributed by atoms with van der Waals surface area (Å²) in [6.45, 7) is 0.678. The van der Waals surface area contributed by atoms with Crippen LogP contribution in [-0.2, 0) is 25.6 Å². The van der Waals surface area contributed by atoms with E-state index in [1.54, 1.807) is 12.1 Å². The molecule has 1 aliphatic heterocycles. The van der Waals surface area contributed by atoms with Gasteiger partial charge >= 0.3 is 5.79 Å². The lowest BCUT2D eigenvalue weighted by atomic mass is 9.97. The minimum atomic E-state index is -1.23. The molecule has 2 heterocycles. The van der Waals surface area contributed by atoms with Crippen molar-refractivity contribution < 1.29 is 28.1 Å². The van der Waals surface area contributed by atoms with Gasteiger partial charge in [0, 0.05) is 28.8 Å². The average Bonchev–Trinajstić information content (AvgIpc) is 3.66. The zero-order valence-corrected chi connectivity index (χ0v) is 30.3. The van der Waals surface area contributed by atoms with Crippen LogP contribution in [0.5, 0.6) is 28.7 Å². The predicted octanol–water partition coefficient (Wildman–Crippen LogP) is 10.9. The fraction of sp³-hybridized carbons (Fsp3) is 0.0816. The van der Waals surface area contributed by atoms with Crippen molar-refractivity contribution in [2.75, 3.05) is 0 Å². The third-order valence-corrected chi connectivity index (χ3v) is 9.62. The molecule has 1 aromatic heterocycles. The number of hydrogen-bond acceptors (Lipinski definition) is 7. The van der Waals surface area contributed by atoms with Crippen LogP contribution in [0.2, 0.25) is 0 Å². The largest absolute Gasteiger partial charge is 0.489 e. The second kappa shape index (κ2) is 15.2. The van der Waals surface area contributed by atoms with Crippen LogP contribution in [0.3, 0.4) is 0 Å². The van der Waals surface area contributed by atoms with Crippen molar-refractivity contribution in [1.29, 1.82) is 0 Å². The van der Waals surface area contributed by atoms with E-state index in [1.807, 2.05) is 170 Å². The van der Waals surface area contributed by atoms with Gasteiger partial charge in [-0.2, -0.15) is 0 Å². The molecule has 0 amide bonds. The lowest BCUT2D eigenvalue weighted by molar-refractivity contribution is -0.0459. The summed E-state index contributed by atoms with van der Waals surface area (Å²) in [5, 5.41) is 0.243. The zero-order valence-electron chi connectivity index (χ0n) is 30.3. The van der Waals surface area contributed by atoms with E-state index in [0.717, 1.165) is 27.8 Å². The summed E-state index contributed by atoms with van der Waals surface area (Å²) in [5.74, 6) is 0.883. The fourth-order valence-corrected chi connectivity index (χ4v) is 6.83. The number of fused-ring (bicyclic) bond motifs is 2. The first kappa shape index (κ1) is 34.5. The van der Waals surface area contributed by atoms with Crippen LogP contribution in [-0.4, -0.2) is 0 Å². The molecule has 0 saturated carbocycles. The molecular weight excluding hydrogens is 701 g/mol. The number of ether oxygens (including phenoxy) is 5. The minimum absolute atomic E-state index is 0.0418. The van der Waals surface area contributed by atoms with Gasteiger partial charge in [0.15, 0.2) is 17.3 Å². The van der Waals surface area contributed by atoms with Crippen molar-refractivity contribution >= 4 is 11.0 Å². The molecular formula is C49H36O7. The normalized spacial score (nSPS) is 12.6. The maximum absolute atomic E-state index is 14.8. The molecule has 274 valence electrons. The smallest absolute Gasteiger partial charge is 0.305 e. The highest BCUT2D eigenvalue weighted by atomic mass is 16.7. The first-order valence-corrected chi connectivity index (χ1v) is 18.4. The molecule has 1 aliphatic rings. The molecule has 0 bridgehead atoms. The molecule has 7 aromatic carbocycles. The Morgan fingerprint density at radius 2 is 0.982 bits per heavy atom. The summed E-state index contributed by atoms with van der Waals surface area (Å²) in [5.41, 5.74) is 4.96. The Morgan fingerprint density at radius 1 is 0.482 bits per heavy atom. The van der Waals surface area contributed by atoms with Gasteiger partial charge in [0.05, 0.1) is 0 Å². The van der Waals surface area contributed by atoms with E-state index >= 15 is 0 Å². The van der Waals surface area contributed by atoms with Crippen LogP contribution in [0.4, 0.5) is 0 Å². The Bertz CT molecular complexity index is 2610. The molecule has 9 rings (SSSR count). The van der Waals surface area contributed by atoms with Gasteiger partial charge in [-0.1, -0.05) is 152 Å². The van der Waals surface area contributed by atoms with E-state index in [4.69, 9.17) is 28.1 Å². The average molecular weight is 737 g/mol. The molecule has 0 atom stereocenters. The van der Waals surface area contributed by atoms with Crippen molar-refractivity contribution in [3.63, 3.8) is 0 Å². The summed E-state index contributed by atoms with van der Waals surface area (Å²) in [7, 11) is 0. The molecule has 8 aromatic rings. The van der Waals surface area contributed by atoms with E-state index in [-0.39, 0.29) is 41.1 Å². The Kier molecular flexibility index (Phi) is 9.39. The molecule has 0 fully saturated rings. The Morgan fingerprint density at radius 3 is 1.55 bits per heavy atom. The van der Waals surface area contributed by atoms with Crippen LogP contribution in [0.25, 0.3) is 22.3 Å².